The van der Waals surface area contributed by atoms with Crippen LogP contribution in [-0.4, -0.2) is 16.8 Å². The largest absolute Gasteiger partial charge is 0.283 e. The SMILES string of the molecule is Cc1c(Cl)cccc1NS(=O)(=O)c1ccc(NS(=O)(=O)Cc2c(Cl)cccc2Cl)cc1. The van der Waals surface area contributed by atoms with E-state index in [4.69, 9.17) is 34.8 Å². The Morgan fingerprint density at radius 1 is 0.742 bits per heavy atom. The van der Waals surface area contributed by atoms with E-state index in [1.807, 2.05) is 0 Å². The van der Waals surface area contributed by atoms with Crippen LogP contribution >= 0.6 is 34.8 Å². The maximum atomic E-state index is 12.7. The molecule has 0 aliphatic rings. The predicted molar refractivity (Wildman–Crippen MR) is 126 cm³/mol. The minimum Gasteiger partial charge on any atom is -0.283 e. The van der Waals surface area contributed by atoms with Crippen LogP contribution in [0.5, 0.6) is 0 Å². The normalized spacial score (nSPS) is 11.9. The molecule has 0 bridgehead atoms. The third-order valence-corrected chi connectivity index (χ3v) is 8.06. The summed E-state index contributed by atoms with van der Waals surface area (Å²) in [6.07, 6.45) is 0. The van der Waals surface area contributed by atoms with Gasteiger partial charge in [0.2, 0.25) is 10.0 Å². The van der Waals surface area contributed by atoms with E-state index in [1.165, 1.54) is 24.3 Å². The van der Waals surface area contributed by atoms with Gasteiger partial charge >= 0.3 is 0 Å². The number of hydrogen-bond acceptors (Lipinski definition) is 4. The second-order valence-electron chi connectivity index (χ2n) is 6.60. The zero-order chi connectivity index (χ0) is 22.8. The summed E-state index contributed by atoms with van der Waals surface area (Å²) in [7, 11) is -7.73. The number of rotatable bonds is 7. The molecule has 0 spiro atoms. The summed E-state index contributed by atoms with van der Waals surface area (Å²) in [6, 6.07) is 14.9. The maximum Gasteiger partial charge on any atom is 0.261 e. The van der Waals surface area contributed by atoms with Gasteiger partial charge in [-0.2, -0.15) is 0 Å². The molecule has 3 rings (SSSR count). The quantitative estimate of drug-likeness (QED) is 0.419. The molecule has 0 fully saturated rings. The Balaban J connectivity index is 1.77. The molecule has 0 unspecified atom stereocenters. The van der Waals surface area contributed by atoms with Crippen LogP contribution in [0.2, 0.25) is 15.1 Å². The van der Waals surface area contributed by atoms with Crippen LogP contribution in [0.3, 0.4) is 0 Å². The Bertz CT molecular complexity index is 1310. The van der Waals surface area contributed by atoms with Gasteiger partial charge in [0.15, 0.2) is 0 Å². The van der Waals surface area contributed by atoms with E-state index in [-0.39, 0.29) is 26.2 Å². The molecule has 0 heterocycles. The number of halogens is 3. The fourth-order valence-electron chi connectivity index (χ4n) is 2.70. The molecule has 31 heavy (non-hydrogen) atoms. The zero-order valence-electron chi connectivity index (χ0n) is 16.1. The highest BCUT2D eigenvalue weighted by Gasteiger charge is 2.19. The Kier molecular flexibility index (Phi) is 7.08. The van der Waals surface area contributed by atoms with Crippen molar-refractivity contribution in [2.75, 3.05) is 9.44 Å². The summed E-state index contributed by atoms with van der Waals surface area (Å²) in [5.74, 6) is -0.429. The average molecular weight is 520 g/mol. The second kappa shape index (κ2) is 9.26. The molecule has 0 aliphatic carbocycles. The van der Waals surface area contributed by atoms with Crippen molar-refractivity contribution >= 4 is 66.2 Å². The lowest BCUT2D eigenvalue weighted by Crippen LogP contribution is -2.16. The molecule has 0 atom stereocenters. The van der Waals surface area contributed by atoms with Crippen LogP contribution in [0.1, 0.15) is 11.1 Å². The summed E-state index contributed by atoms with van der Waals surface area (Å²) in [5, 5.41) is 0.909. The van der Waals surface area contributed by atoms with Gasteiger partial charge in [0, 0.05) is 26.3 Å². The van der Waals surface area contributed by atoms with Crippen LogP contribution in [-0.2, 0) is 25.8 Å². The third kappa shape index (κ3) is 5.84. The van der Waals surface area contributed by atoms with Crippen molar-refractivity contribution in [2.45, 2.75) is 17.6 Å². The van der Waals surface area contributed by atoms with Crippen molar-refractivity contribution in [2.24, 2.45) is 0 Å². The van der Waals surface area contributed by atoms with Crippen molar-refractivity contribution in [3.05, 3.63) is 86.9 Å². The highest BCUT2D eigenvalue weighted by molar-refractivity contribution is 7.92. The van der Waals surface area contributed by atoms with Crippen LogP contribution in [0.25, 0.3) is 0 Å². The van der Waals surface area contributed by atoms with Gasteiger partial charge in [0.1, 0.15) is 0 Å². The van der Waals surface area contributed by atoms with Gasteiger partial charge < -0.3 is 0 Å². The summed E-state index contributed by atoms with van der Waals surface area (Å²) in [6.45, 7) is 1.70. The minimum atomic E-state index is -3.89. The van der Waals surface area contributed by atoms with Crippen molar-refractivity contribution in [1.29, 1.82) is 0 Å². The number of anilines is 2. The summed E-state index contributed by atoms with van der Waals surface area (Å²) >= 11 is 18.1. The number of benzene rings is 3. The number of hydrogen-bond donors (Lipinski definition) is 2. The van der Waals surface area contributed by atoms with E-state index in [9.17, 15) is 16.8 Å². The molecule has 0 amide bonds. The molecule has 0 aliphatic heterocycles. The molecule has 0 radical (unpaired) electrons. The van der Waals surface area contributed by atoms with Crippen molar-refractivity contribution in [3.63, 3.8) is 0 Å². The van der Waals surface area contributed by atoms with Gasteiger partial charge in [-0.1, -0.05) is 46.9 Å². The average Bonchev–Trinajstić information content (AvgIpc) is 2.68. The predicted octanol–water partition coefficient (Wildman–Crippen LogP) is 5.70. The van der Waals surface area contributed by atoms with Gasteiger partial charge in [-0.05, 0) is 61.0 Å². The Labute approximate surface area is 196 Å². The third-order valence-electron chi connectivity index (χ3n) is 4.35. The van der Waals surface area contributed by atoms with E-state index in [0.717, 1.165) is 0 Å². The highest BCUT2D eigenvalue weighted by Crippen LogP contribution is 2.28. The molecule has 11 heteroatoms. The first-order valence-corrected chi connectivity index (χ1v) is 13.1. The standard InChI is InChI=1S/C20H17Cl3N2O4S2/c1-13-17(21)4-3-7-20(13)25-31(28,29)15-10-8-14(9-11-15)24-30(26,27)12-16-18(22)5-2-6-19(16)23/h2-11,24-25H,12H2,1H3. The van der Waals surface area contributed by atoms with E-state index >= 15 is 0 Å². The van der Waals surface area contributed by atoms with Gasteiger partial charge in [0.25, 0.3) is 10.0 Å². The summed E-state index contributed by atoms with van der Waals surface area (Å²) < 4.78 is 55.2. The van der Waals surface area contributed by atoms with Crippen LogP contribution in [0, 0.1) is 6.92 Å². The Hall–Kier alpha value is -1.97. The topological polar surface area (TPSA) is 92.3 Å². The first kappa shape index (κ1) is 23.7. The van der Waals surface area contributed by atoms with Crippen LogP contribution < -0.4 is 9.44 Å². The number of sulfonamides is 2. The summed E-state index contributed by atoms with van der Waals surface area (Å²) in [4.78, 5) is -0.0380. The van der Waals surface area contributed by atoms with Crippen molar-refractivity contribution < 1.29 is 16.8 Å². The fraction of sp³-hybridized carbons (Fsp3) is 0.100. The minimum absolute atomic E-state index is 0.0380. The van der Waals surface area contributed by atoms with Crippen LogP contribution in [0.4, 0.5) is 11.4 Å². The monoisotopic (exact) mass is 518 g/mol. The van der Waals surface area contributed by atoms with Crippen LogP contribution in [0.15, 0.2) is 65.6 Å². The molecule has 3 aromatic carbocycles. The molecule has 0 saturated carbocycles. The lowest BCUT2D eigenvalue weighted by molar-refractivity contribution is 0.599. The fourth-order valence-corrected chi connectivity index (χ4v) is 5.95. The first-order valence-electron chi connectivity index (χ1n) is 8.80. The van der Waals surface area contributed by atoms with E-state index in [2.05, 4.69) is 9.44 Å². The lowest BCUT2D eigenvalue weighted by Gasteiger charge is -2.13. The lowest BCUT2D eigenvalue weighted by atomic mass is 10.2. The van der Waals surface area contributed by atoms with Gasteiger partial charge in [-0.25, -0.2) is 16.8 Å². The summed E-state index contributed by atoms with van der Waals surface area (Å²) in [5.41, 5.74) is 1.42. The zero-order valence-corrected chi connectivity index (χ0v) is 20.0. The molecule has 164 valence electrons. The number of nitrogens with one attached hydrogen (secondary N) is 2. The van der Waals surface area contributed by atoms with Crippen molar-refractivity contribution in [3.8, 4) is 0 Å². The van der Waals surface area contributed by atoms with E-state index < -0.39 is 25.8 Å². The molecule has 0 saturated heterocycles. The van der Waals surface area contributed by atoms with Gasteiger partial charge in [-0.15, -0.1) is 0 Å². The molecule has 6 nitrogen and oxygen atoms in total. The molecular formula is C20H17Cl3N2O4S2. The highest BCUT2D eigenvalue weighted by atomic mass is 35.5. The molecule has 2 N–H and O–H groups in total. The Morgan fingerprint density at radius 2 is 1.29 bits per heavy atom. The smallest absolute Gasteiger partial charge is 0.261 e. The maximum absolute atomic E-state index is 12.7. The molecular weight excluding hydrogens is 503 g/mol. The molecule has 3 aromatic rings. The molecule has 0 aromatic heterocycles. The van der Waals surface area contributed by atoms with Crippen molar-refractivity contribution in [1.82, 2.24) is 0 Å². The Morgan fingerprint density at radius 3 is 1.90 bits per heavy atom. The second-order valence-corrected chi connectivity index (χ2v) is 11.2. The van der Waals surface area contributed by atoms with Gasteiger partial charge in [0.05, 0.1) is 16.3 Å². The first-order chi connectivity index (χ1) is 14.5. The van der Waals surface area contributed by atoms with E-state index in [1.54, 1.807) is 43.3 Å². The van der Waals surface area contributed by atoms with Gasteiger partial charge in [-0.3, -0.25) is 9.44 Å². The van der Waals surface area contributed by atoms with E-state index in [0.29, 0.717) is 16.3 Å².